The average Bonchev–Trinajstić information content (AvgIpc) is 2.46. The smallest absolute Gasteiger partial charge is 0.303 e. The van der Waals surface area contributed by atoms with Crippen LogP contribution in [0, 0.1) is 0 Å². The molecule has 1 N–H and O–H groups in total. The number of hydrogen-bond acceptors (Lipinski definition) is 4. The number of carbonyl (C=O) groups is 2. The van der Waals surface area contributed by atoms with Crippen LogP contribution in [0.5, 0.6) is 0 Å². The molecule has 0 spiro atoms. The van der Waals surface area contributed by atoms with Crippen LogP contribution in [0.15, 0.2) is 30.3 Å². The van der Waals surface area contributed by atoms with E-state index in [4.69, 9.17) is 5.11 Å². The fraction of sp³-hybridized carbons (Fsp3) is 0.500. The average molecular weight is 341 g/mol. The molecule has 1 aromatic rings. The van der Waals surface area contributed by atoms with Crippen LogP contribution < -0.4 is 0 Å². The van der Waals surface area contributed by atoms with E-state index in [9.17, 15) is 18.0 Å². The molecule has 0 saturated carbocycles. The zero-order chi connectivity index (χ0) is 17.5. The summed E-state index contributed by atoms with van der Waals surface area (Å²) in [4.78, 5) is 24.4. The molecule has 0 bridgehead atoms. The van der Waals surface area contributed by atoms with Gasteiger partial charge in [0.1, 0.15) is 5.75 Å². The molecule has 23 heavy (non-hydrogen) atoms. The van der Waals surface area contributed by atoms with Gasteiger partial charge < -0.3 is 10.0 Å². The molecule has 6 nitrogen and oxygen atoms in total. The predicted octanol–water partition coefficient (Wildman–Crippen LogP) is 1.70. The van der Waals surface area contributed by atoms with Crippen LogP contribution >= 0.6 is 0 Å². The van der Waals surface area contributed by atoms with Gasteiger partial charge in [0.15, 0.2) is 9.84 Å². The van der Waals surface area contributed by atoms with Crippen molar-refractivity contribution in [3.8, 4) is 0 Å². The van der Waals surface area contributed by atoms with Crippen molar-refractivity contribution in [2.75, 3.05) is 12.3 Å². The summed E-state index contributed by atoms with van der Waals surface area (Å²) in [5.74, 6) is -1.98. The summed E-state index contributed by atoms with van der Waals surface area (Å²) in [5, 5.41) is 8.09. The van der Waals surface area contributed by atoms with E-state index in [0.717, 1.165) is 5.56 Å². The SMILES string of the molecule is CC(C)S(=O)(=O)CC(=O)N(CCCC(=O)O)Cc1ccccc1. The zero-order valence-electron chi connectivity index (χ0n) is 13.4. The summed E-state index contributed by atoms with van der Waals surface area (Å²) in [6, 6.07) is 9.20. The fourth-order valence-corrected chi connectivity index (χ4v) is 2.81. The van der Waals surface area contributed by atoms with Crippen molar-refractivity contribution < 1.29 is 23.1 Å². The third-order valence-corrected chi connectivity index (χ3v) is 5.52. The monoisotopic (exact) mass is 341 g/mol. The van der Waals surface area contributed by atoms with Gasteiger partial charge in [-0.15, -0.1) is 0 Å². The summed E-state index contributed by atoms with van der Waals surface area (Å²) in [5.41, 5.74) is 0.873. The highest BCUT2D eigenvalue weighted by molar-refractivity contribution is 7.92. The van der Waals surface area contributed by atoms with Crippen molar-refractivity contribution in [3.05, 3.63) is 35.9 Å². The lowest BCUT2D eigenvalue weighted by Gasteiger charge is -2.23. The number of carboxylic acids is 1. The van der Waals surface area contributed by atoms with Crippen molar-refractivity contribution in [2.45, 2.75) is 38.5 Å². The molecule has 0 aliphatic carbocycles. The van der Waals surface area contributed by atoms with Crippen LogP contribution in [0.3, 0.4) is 0 Å². The van der Waals surface area contributed by atoms with Crippen molar-refractivity contribution in [2.24, 2.45) is 0 Å². The molecule has 0 aliphatic heterocycles. The number of rotatable bonds is 9. The van der Waals surface area contributed by atoms with Crippen LogP contribution in [0.4, 0.5) is 0 Å². The number of amides is 1. The molecule has 128 valence electrons. The molecule has 7 heteroatoms. The minimum absolute atomic E-state index is 0.0600. The van der Waals surface area contributed by atoms with E-state index < -0.39 is 32.7 Å². The second kappa shape index (κ2) is 8.67. The predicted molar refractivity (Wildman–Crippen MR) is 87.7 cm³/mol. The van der Waals surface area contributed by atoms with Crippen molar-refractivity contribution in [1.29, 1.82) is 0 Å². The van der Waals surface area contributed by atoms with Crippen molar-refractivity contribution >= 4 is 21.7 Å². The van der Waals surface area contributed by atoms with E-state index in [-0.39, 0.29) is 25.9 Å². The minimum Gasteiger partial charge on any atom is -0.481 e. The molecule has 0 fully saturated rings. The van der Waals surface area contributed by atoms with Gasteiger partial charge in [0, 0.05) is 19.5 Å². The Morgan fingerprint density at radius 2 is 1.78 bits per heavy atom. The highest BCUT2D eigenvalue weighted by Crippen LogP contribution is 2.09. The first-order chi connectivity index (χ1) is 10.7. The van der Waals surface area contributed by atoms with Gasteiger partial charge in [0.05, 0.1) is 5.25 Å². The van der Waals surface area contributed by atoms with Gasteiger partial charge in [-0.05, 0) is 25.8 Å². The van der Waals surface area contributed by atoms with Crippen LogP contribution in [-0.4, -0.2) is 47.8 Å². The fourth-order valence-electron chi connectivity index (χ4n) is 1.95. The Morgan fingerprint density at radius 3 is 2.30 bits per heavy atom. The standard InChI is InChI=1S/C16H23NO5S/c1-13(2)23(21,22)12-15(18)17(10-6-9-16(19)20)11-14-7-4-3-5-8-14/h3-5,7-8,13H,6,9-12H2,1-2H3,(H,19,20). The number of aliphatic carboxylic acids is 1. The maximum Gasteiger partial charge on any atom is 0.303 e. The van der Waals surface area contributed by atoms with E-state index in [1.807, 2.05) is 30.3 Å². The lowest BCUT2D eigenvalue weighted by Crippen LogP contribution is -2.38. The third kappa shape index (κ3) is 6.81. The van der Waals surface area contributed by atoms with Gasteiger partial charge in [-0.25, -0.2) is 8.42 Å². The van der Waals surface area contributed by atoms with E-state index in [0.29, 0.717) is 0 Å². The zero-order valence-corrected chi connectivity index (χ0v) is 14.3. The van der Waals surface area contributed by atoms with Gasteiger partial charge in [0.25, 0.3) is 0 Å². The Morgan fingerprint density at radius 1 is 1.17 bits per heavy atom. The lowest BCUT2D eigenvalue weighted by molar-refractivity contribution is -0.138. The quantitative estimate of drug-likeness (QED) is 0.738. The molecule has 0 atom stereocenters. The molecule has 0 heterocycles. The Bertz CT molecular complexity index is 625. The van der Waals surface area contributed by atoms with Crippen LogP contribution in [0.25, 0.3) is 0 Å². The number of hydrogen-bond donors (Lipinski definition) is 1. The summed E-state index contributed by atoms with van der Waals surface area (Å²) in [7, 11) is -3.48. The molecular weight excluding hydrogens is 318 g/mol. The van der Waals surface area contributed by atoms with E-state index in [1.54, 1.807) is 0 Å². The number of nitrogens with zero attached hydrogens (tertiary/aromatic N) is 1. The van der Waals surface area contributed by atoms with Gasteiger partial charge in [-0.3, -0.25) is 9.59 Å². The molecule has 1 rings (SSSR count). The second-order valence-electron chi connectivity index (χ2n) is 5.65. The minimum atomic E-state index is -3.48. The van der Waals surface area contributed by atoms with E-state index in [1.165, 1.54) is 18.7 Å². The lowest BCUT2D eigenvalue weighted by atomic mass is 10.2. The molecule has 0 aromatic heterocycles. The number of carbonyl (C=O) groups excluding carboxylic acids is 1. The number of carboxylic acid groups (broad SMARTS) is 1. The first-order valence-corrected chi connectivity index (χ1v) is 9.19. The first kappa shape index (κ1) is 19.2. The normalized spacial score (nSPS) is 11.4. The topological polar surface area (TPSA) is 91.8 Å². The second-order valence-corrected chi connectivity index (χ2v) is 8.21. The molecule has 0 saturated heterocycles. The van der Waals surface area contributed by atoms with Crippen LogP contribution in [0.2, 0.25) is 0 Å². The van der Waals surface area contributed by atoms with Crippen molar-refractivity contribution in [3.63, 3.8) is 0 Å². The molecule has 0 aliphatic rings. The molecule has 0 unspecified atom stereocenters. The Kier molecular flexibility index (Phi) is 7.22. The Hall–Kier alpha value is -1.89. The van der Waals surface area contributed by atoms with Gasteiger partial charge >= 0.3 is 5.97 Å². The molecule has 0 radical (unpaired) electrons. The van der Waals surface area contributed by atoms with E-state index >= 15 is 0 Å². The number of benzene rings is 1. The maximum atomic E-state index is 12.3. The van der Waals surface area contributed by atoms with Crippen molar-refractivity contribution in [1.82, 2.24) is 4.90 Å². The molecular formula is C16H23NO5S. The first-order valence-electron chi connectivity index (χ1n) is 7.47. The highest BCUT2D eigenvalue weighted by atomic mass is 32.2. The largest absolute Gasteiger partial charge is 0.481 e. The highest BCUT2D eigenvalue weighted by Gasteiger charge is 2.24. The summed E-state index contributed by atoms with van der Waals surface area (Å²) in [6.45, 7) is 3.56. The molecule has 1 aromatic carbocycles. The van der Waals surface area contributed by atoms with Crippen LogP contribution in [-0.2, 0) is 26.0 Å². The Balaban J connectivity index is 2.81. The summed E-state index contributed by atoms with van der Waals surface area (Å²) >= 11 is 0. The van der Waals surface area contributed by atoms with E-state index in [2.05, 4.69) is 0 Å². The maximum absolute atomic E-state index is 12.3. The Labute approximate surface area is 137 Å². The summed E-state index contributed by atoms with van der Waals surface area (Å²) in [6.07, 6.45) is 0.227. The van der Waals surface area contributed by atoms with Crippen LogP contribution in [0.1, 0.15) is 32.3 Å². The van der Waals surface area contributed by atoms with Gasteiger partial charge in [0.2, 0.25) is 5.91 Å². The van der Waals surface area contributed by atoms with Gasteiger partial charge in [-0.1, -0.05) is 30.3 Å². The molecule has 1 amide bonds. The number of sulfone groups is 1. The third-order valence-electron chi connectivity index (χ3n) is 3.43. The summed E-state index contributed by atoms with van der Waals surface area (Å²) < 4.78 is 23.9. The van der Waals surface area contributed by atoms with Gasteiger partial charge in [-0.2, -0.15) is 0 Å².